The van der Waals surface area contributed by atoms with Gasteiger partial charge in [-0.2, -0.15) is 11.8 Å². The Labute approximate surface area is 99.0 Å². The van der Waals surface area contributed by atoms with E-state index in [1.807, 2.05) is 0 Å². The second-order valence-corrected chi connectivity index (χ2v) is 4.47. The van der Waals surface area contributed by atoms with Gasteiger partial charge in [0.25, 0.3) is 0 Å². The Morgan fingerprint density at radius 2 is 2.20 bits per heavy atom. The smallest absolute Gasteiger partial charge is 0.321 e. The van der Waals surface area contributed by atoms with Gasteiger partial charge in [0.1, 0.15) is 5.75 Å². The molecular weight excluding hydrogens is 232 g/mol. The van der Waals surface area contributed by atoms with Gasteiger partial charge in [-0.15, -0.1) is 0 Å². The predicted molar refractivity (Wildman–Crippen MR) is 64.7 cm³/mol. The van der Waals surface area contributed by atoms with E-state index in [0.717, 1.165) is 12.2 Å². The molecule has 0 spiro atoms. The van der Waals surface area contributed by atoms with Crippen molar-refractivity contribution in [2.24, 2.45) is 0 Å². The van der Waals surface area contributed by atoms with Crippen LogP contribution in [0.5, 0.6) is 5.75 Å². The van der Waals surface area contributed by atoms with Crippen LogP contribution in [0.3, 0.4) is 0 Å². The molecule has 2 nitrogen and oxygen atoms in total. The molecule has 15 heavy (non-hydrogen) atoms. The maximum atomic E-state index is 11.3. The monoisotopic (exact) mass is 244 g/mol. The molecule has 0 saturated carbocycles. The summed E-state index contributed by atoms with van der Waals surface area (Å²) in [5.74, 6) is 1.53. The number of thioether (sulfide) groups is 1. The Morgan fingerprint density at radius 3 is 2.87 bits per heavy atom. The zero-order valence-corrected chi connectivity index (χ0v) is 10.1. The van der Waals surface area contributed by atoms with Gasteiger partial charge in [-0.3, -0.25) is 4.79 Å². The Morgan fingerprint density at radius 1 is 1.47 bits per heavy atom. The van der Waals surface area contributed by atoms with E-state index in [2.05, 4.69) is 6.92 Å². The zero-order valence-electron chi connectivity index (χ0n) is 8.53. The standard InChI is InChI=1S/C11H13ClO2S/c1-2-7-15-8-11(13)14-10-6-4-3-5-9(10)12/h3-6H,2,7-8H2,1H3. The number of esters is 1. The number of hydrogen-bond donors (Lipinski definition) is 0. The van der Waals surface area contributed by atoms with E-state index < -0.39 is 0 Å². The first-order valence-electron chi connectivity index (χ1n) is 4.77. The van der Waals surface area contributed by atoms with Crippen LogP contribution in [0.2, 0.25) is 5.02 Å². The first-order chi connectivity index (χ1) is 7.24. The highest BCUT2D eigenvalue weighted by molar-refractivity contribution is 7.99. The van der Waals surface area contributed by atoms with Crippen LogP contribution in [-0.2, 0) is 4.79 Å². The van der Waals surface area contributed by atoms with Crippen LogP contribution in [-0.4, -0.2) is 17.5 Å². The van der Waals surface area contributed by atoms with E-state index in [9.17, 15) is 4.79 Å². The Hall–Kier alpha value is -0.670. The number of carbonyl (C=O) groups excluding carboxylic acids is 1. The molecule has 0 saturated heterocycles. The molecule has 0 unspecified atom stereocenters. The molecule has 0 aliphatic heterocycles. The van der Waals surface area contributed by atoms with Gasteiger partial charge in [0, 0.05) is 0 Å². The van der Waals surface area contributed by atoms with Gasteiger partial charge in [0.2, 0.25) is 0 Å². The fraction of sp³-hybridized carbons (Fsp3) is 0.364. The van der Waals surface area contributed by atoms with E-state index in [-0.39, 0.29) is 5.97 Å². The molecule has 0 N–H and O–H groups in total. The van der Waals surface area contributed by atoms with Gasteiger partial charge in [-0.25, -0.2) is 0 Å². The van der Waals surface area contributed by atoms with Crippen molar-refractivity contribution in [3.63, 3.8) is 0 Å². The van der Waals surface area contributed by atoms with Gasteiger partial charge in [-0.1, -0.05) is 30.7 Å². The highest BCUT2D eigenvalue weighted by Gasteiger charge is 2.06. The molecule has 0 aliphatic rings. The maximum absolute atomic E-state index is 11.3. The molecule has 1 aromatic carbocycles. The lowest BCUT2D eigenvalue weighted by Crippen LogP contribution is -2.11. The molecule has 0 aliphatic carbocycles. The summed E-state index contributed by atoms with van der Waals surface area (Å²) in [7, 11) is 0. The Bertz CT molecular complexity index is 328. The summed E-state index contributed by atoms with van der Waals surface area (Å²) < 4.78 is 5.10. The van der Waals surface area contributed by atoms with Crippen LogP contribution in [0.4, 0.5) is 0 Å². The topological polar surface area (TPSA) is 26.3 Å². The minimum atomic E-state index is -0.249. The average molecular weight is 245 g/mol. The summed E-state index contributed by atoms with van der Waals surface area (Å²) in [4.78, 5) is 11.3. The Balaban J connectivity index is 2.41. The summed E-state index contributed by atoms with van der Waals surface area (Å²) >= 11 is 7.41. The second-order valence-electron chi connectivity index (χ2n) is 2.96. The average Bonchev–Trinajstić information content (AvgIpc) is 2.22. The van der Waals surface area contributed by atoms with Crippen LogP contribution in [0.1, 0.15) is 13.3 Å². The molecular formula is C11H13ClO2S. The number of carbonyl (C=O) groups is 1. The molecule has 0 amide bonds. The second kappa shape index (κ2) is 6.75. The minimum Gasteiger partial charge on any atom is -0.424 e. The largest absolute Gasteiger partial charge is 0.424 e. The van der Waals surface area contributed by atoms with Crippen molar-refractivity contribution in [2.45, 2.75) is 13.3 Å². The molecule has 0 fully saturated rings. The lowest BCUT2D eigenvalue weighted by atomic mass is 10.3. The highest BCUT2D eigenvalue weighted by atomic mass is 35.5. The lowest BCUT2D eigenvalue weighted by Gasteiger charge is -2.05. The third-order valence-electron chi connectivity index (χ3n) is 1.63. The van der Waals surface area contributed by atoms with Crippen LogP contribution < -0.4 is 4.74 Å². The van der Waals surface area contributed by atoms with E-state index in [1.54, 1.807) is 36.0 Å². The number of halogens is 1. The quantitative estimate of drug-likeness (QED) is 0.451. The third-order valence-corrected chi connectivity index (χ3v) is 3.08. The summed E-state index contributed by atoms with van der Waals surface area (Å²) in [6.45, 7) is 2.08. The van der Waals surface area contributed by atoms with Gasteiger partial charge in [0.15, 0.2) is 0 Å². The van der Waals surface area contributed by atoms with Crippen molar-refractivity contribution in [3.8, 4) is 5.75 Å². The highest BCUT2D eigenvalue weighted by Crippen LogP contribution is 2.23. The fourth-order valence-electron chi connectivity index (χ4n) is 0.979. The predicted octanol–water partition coefficient (Wildman–Crippen LogP) is 3.39. The number of benzene rings is 1. The van der Waals surface area contributed by atoms with E-state index in [4.69, 9.17) is 16.3 Å². The summed E-state index contributed by atoms with van der Waals surface area (Å²) in [6.07, 6.45) is 1.06. The third kappa shape index (κ3) is 4.58. The lowest BCUT2D eigenvalue weighted by molar-refractivity contribution is -0.131. The molecule has 4 heteroatoms. The zero-order chi connectivity index (χ0) is 11.1. The summed E-state index contributed by atoms with van der Waals surface area (Å²) in [5.41, 5.74) is 0. The minimum absolute atomic E-state index is 0.249. The van der Waals surface area contributed by atoms with Crippen molar-refractivity contribution >= 4 is 29.3 Å². The fourth-order valence-corrected chi connectivity index (χ4v) is 1.81. The molecule has 0 bridgehead atoms. The van der Waals surface area contributed by atoms with Crippen LogP contribution >= 0.6 is 23.4 Å². The van der Waals surface area contributed by atoms with Gasteiger partial charge < -0.3 is 4.74 Å². The molecule has 0 atom stereocenters. The van der Waals surface area contributed by atoms with E-state index >= 15 is 0 Å². The van der Waals surface area contributed by atoms with Crippen molar-refractivity contribution in [3.05, 3.63) is 29.3 Å². The van der Waals surface area contributed by atoms with Crippen molar-refractivity contribution in [1.82, 2.24) is 0 Å². The Kier molecular flexibility index (Phi) is 5.58. The molecule has 1 aromatic rings. The first kappa shape index (κ1) is 12.4. The van der Waals surface area contributed by atoms with Crippen molar-refractivity contribution in [2.75, 3.05) is 11.5 Å². The summed E-state index contributed by atoms with van der Waals surface area (Å²) in [6, 6.07) is 6.97. The number of rotatable bonds is 5. The van der Waals surface area contributed by atoms with Crippen LogP contribution in [0.15, 0.2) is 24.3 Å². The van der Waals surface area contributed by atoms with Crippen molar-refractivity contribution in [1.29, 1.82) is 0 Å². The normalized spacial score (nSPS) is 10.0. The van der Waals surface area contributed by atoms with Gasteiger partial charge in [0.05, 0.1) is 10.8 Å². The van der Waals surface area contributed by atoms with Gasteiger partial charge >= 0.3 is 5.97 Å². The summed E-state index contributed by atoms with van der Waals surface area (Å²) in [5, 5.41) is 0.464. The number of para-hydroxylation sites is 1. The molecule has 0 aromatic heterocycles. The number of ether oxygens (including phenoxy) is 1. The van der Waals surface area contributed by atoms with E-state index in [1.165, 1.54) is 0 Å². The van der Waals surface area contributed by atoms with Crippen LogP contribution in [0.25, 0.3) is 0 Å². The molecule has 1 rings (SSSR count). The first-order valence-corrected chi connectivity index (χ1v) is 6.30. The molecule has 0 heterocycles. The number of hydrogen-bond acceptors (Lipinski definition) is 3. The maximum Gasteiger partial charge on any atom is 0.321 e. The van der Waals surface area contributed by atoms with Gasteiger partial charge in [-0.05, 0) is 24.3 Å². The SMILES string of the molecule is CCCSCC(=O)Oc1ccccc1Cl. The molecule has 82 valence electrons. The molecule has 0 radical (unpaired) electrons. The van der Waals surface area contributed by atoms with E-state index in [0.29, 0.717) is 16.5 Å². The van der Waals surface area contributed by atoms with Crippen molar-refractivity contribution < 1.29 is 9.53 Å². The van der Waals surface area contributed by atoms with Crippen LogP contribution in [0, 0.1) is 0 Å².